The van der Waals surface area contributed by atoms with Gasteiger partial charge in [-0.2, -0.15) is 0 Å². The first kappa shape index (κ1) is 14.1. The third-order valence-electron chi connectivity index (χ3n) is 2.51. The Morgan fingerprint density at radius 1 is 0.947 bits per heavy atom. The van der Waals surface area contributed by atoms with Crippen LogP contribution in [0.5, 0.6) is 0 Å². The Kier molecular flexibility index (Phi) is 4.65. The molecule has 0 saturated carbocycles. The zero-order valence-corrected chi connectivity index (χ0v) is 12.0. The summed E-state index contributed by atoms with van der Waals surface area (Å²) < 4.78 is 0. The molecule has 0 fully saturated rings. The van der Waals surface area contributed by atoms with Crippen molar-refractivity contribution in [2.45, 2.75) is 0 Å². The molecule has 1 nitrogen and oxygen atoms in total. The summed E-state index contributed by atoms with van der Waals surface area (Å²) >= 11 is 17.9. The Morgan fingerprint density at radius 3 is 2.21 bits per heavy atom. The number of carbonyl (C=O) groups is 1. The molecule has 0 atom stereocenters. The summed E-state index contributed by atoms with van der Waals surface area (Å²) in [4.78, 5) is 12.0. The molecule has 0 radical (unpaired) electrons. The maximum atomic E-state index is 12.0. The highest BCUT2D eigenvalue weighted by Crippen LogP contribution is 2.25. The fraction of sp³-hybridized carbons (Fsp3) is 0. The van der Waals surface area contributed by atoms with Crippen LogP contribution in [-0.2, 0) is 0 Å². The van der Waals surface area contributed by atoms with Gasteiger partial charge in [0.05, 0.1) is 0 Å². The van der Waals surface area contributed by atoms with Crippen LogP contribution in [0, 0.1) is 0 Å². The Hall–Kier alpha value is -1.28. The summed E-state index contributed by atoms with van der Waals surface area (Å²) in [6, 6.07) is 11.9. The van der Waals surface area contributed by atoms with E-state index in [1.54, 1.807) is 48.5 Å². The van der Waals surface area contributed by atoms with E-state index in [1.165, 1.54) is 6.08 Å². The van der Waals surface area contributed by atoms with Crippen LogP contribution in [0.25, 0.3) is 6.08 Å². The van der Waals surface area contributed by atoms with Crippen LogP contribution in [0.1, 0.15) is 15.9 Å². The molecule has 0 aromatic heterocycles. The lowest BCUT2D eigenvalue weighted by Crippen LogP contribution is -1.93. The van der Waals surface area contributed by atoms with E-state index in [9.17, 15) is 4.79 Å². The predicted octanol–water partition coefficient (Wildman–Crippen LogP) is 5.54. The van der Waals surface area contributed by atoms with Gasteiger partial charge >= 0.3 is 0 Å². The van der Waals surface area contributed by atoms with E-state index < -0.39 is 0 Å². The van der Waals surface area contributed by atoms with Crippen LogP contribution >= 0.6 is 34.8 Å². The highest BCUT2D eigenvalue weighted by Gasteiger charge is 2.05. The van der Waals surface area contributed by atoms with E-state index in [-0.39, 0.29) is 5.78 Å². The lowest BCUT2D eigenvalue weighted by Gasteiger charge is -2.01. The third-order valence-corrected chi connectivity index (χ3v) is 3.40. The first-order valence-corrected chi connectivity index (χ1v) is 6.63. The number of carbonyl (C=O) groups excluding carboxylic acids is 1. The average molecular weight is 312 g/mol. The van der Waals surface area contributed by atoms with Gasteiger partial charge in [-0.15, -0.1) is 0 Å². The van der Waals surface area contributed by atoms with Crippen LogP contribution in [0.2, 0.25) is 15.1 Å². The highest BCUT2D eigenvalue weighted by molar-refractivity contribution is 6.37. The molecule has 0 bridgehead atoms. The fourth-order valence-corrected chi connectivity index (χ4v) is 2.28. The second kappa shape index (κ2) is 6.25. The van der Waals surface area contributed by atoms with Crippen molar-refractivity contribution in [3.63, 3.8) is 0 Å². The maximum absolute atomic E-state index is 12.0. The van der Waals surface area contributed by atoms with Gasteiger partial charge in [-0.25, -0.2) is 0 Å². The monoisotopic (exact) mass is 310 g/mol. The first-order chi connectivity index (χ1) is 9.08. The number of ketones is 1. The Labute approximate surface area is 126 Å². The summed E-state index contributed by atoms with van der Waals surface area (Å²) in [5.74, 6) is -0.154. The Balaban J connectivity index is 2.26. The largest absolute Gasteiger partial charge is 0.289 e. The van der Waals surface area contributed by atoms with Crippen LogP contribution in [0.15, 0.2) is 48.5 Å². The lowest BCUT2D eigenvalue weighted by atomic mass is 10.1. The van der Waals surface area contributed by atoms with E-state index in [1.807, 2.05) is 0 Å². The molecule has 2 rings (SSSR count). The third kappa shape index (κ3) is 3.60. The number of rotatable bonds is 3. The molecule has 19 heavy (non-hydrogen) atoms. The minimum absolute atomic E-state index is 0.154. The average Bonchev–Trinajstić information content (AvgIpc) is 2.38. The van der Waals surface area contributed by atoms with Crippen molar-refractivity contribution in [2.24, 2.45) is 0 Å². The van der Waals surface area contributed by atoms with Crippen molar-refractivity contribution in [3.8, 4) is 0 Å². The molecule has 0 spiro atoms. The van der Waals surface area contributed by atoms with Gasteiger partial charge in [-0.3, -0.25) is 4.79 Å². The number of benzene rings is 2. The van der Waals surface area contributed by atoms with E-state index in [2.05, 4.69) is 0 Å². The molecule has 0 aliphatic heterocycles. The number of allylic oxidation sites excluding steroid dienone is 1. The van der Waals surface area contributed by atoms with Crippen LogP contribution in [0.4, 0.5) is 0 Å². The molecular formula is C15H9Cl3O. The van der Waals surface area contributed by atoms with E-state index in [0.717, 1.165) is 0 Å². The van der Waals surface area contributed by atoms with E-state index in [4.69, 9.17) is 34.8 Å². The fourth-order valence-electron chi connectivity index (χ4n) is 1.57. The predicted molar refractivity (Wildman–Crippen MR) is 81.3 cm³/mol. The second-order valence-corrected chi connectivity index (χ2v) is 5.09. The quantitative estimate of drug-likeness (QED) is 0.537. The minimum Gasteiger partial charge on any atom is -0.289 e. The standard InChI is InChI=1S/C15H9Cl3O/c16-11-4-1-3-10(9-11)15(19)8-7-12-13(17)5-2-6-14(12)18/h1-9H/b8-7+. The molecule has 0 heterocycles. The summed E-state index contributed by atoms with van der Waals surface area (Å²) in [6.45, 7) is 0. The smallest absolute Gasteiger partial charge is 0.185 e. The van der Waals surface area contributed by atoms with Crippen LogP contribution in [-0.4, -0.2) is 5.78 Å². The van der Waals surface area contributed by atoms with E-state index in [0.29, 0.717) is 26.2 Å². The molecule has 96 valence electrons. The van der Waals surface area contributed by atoms with Gasteiger partial charge < -0.3 is 0 Å². The second-order valence-electron chi connectivity index (χ2n) is 3.84. The summed E-state index contributed by atoms with van der Waals surface area (Å²) in [5, 5.41) is 1.53. The van der Waals surface area contributed by atoms with Crippen molar-refractivity contribution in [1.29, 1.82) is 0 Å². The van der Waals surface area contributed by atoms with Gasteiger partial charge in [-0.05, 0) is 36.4 Å². The molecule has 0 amide bonds. The molecule has 4 heteroatoms. The van der Waals surface area contributed by atoms with Gasteiger partial charge in [0.2, 0.25) is 0 Å². The van der Waals surface area contributed by atoms with Crippen molar-refractivity contribution >= 4 is 46.7 Å². The van der Waals surface area contributed by atoms with Crippen LogP contribution in [0.3, 0.4) is 0 Å². The topological polar surface area (TPSA) is 17.1 Å². The molecule has 0 saturated heterocycles. The first-order valence-electron chi connectivity index (χ1n) is 5.50. The zero-order chi connectivity index (χ0) is 13.8. The Bertz CT molecular complexity index is 627. The number of hydrogen-bond acceptors (Lipinski definition) is 1. The molecule has 0 unspecified atom stereocenters. The van der Waals surface area contributed by atoms with Crippen molar-refractivity contribution < 1.29 is 4.79 Å². The minimum atomic E-state index is -0.154. The van der Waals surface area contributed by atoms with Gasteiger partial charge in [-0.1, -0.05) is 53.0 Å². The molecule has 0 aliphatic rings. The Morgan fingerprint density at radius 2 is 1.58 bits per heavy atom. The van der Waals surface area contributed by atoms with Gasteiger partial charge in [0.25, 0.3) is 0 Å². The van der Waals surface area contributed by atoms with Gasteiger partial charge in [0.15, 0.2) is 5.78 Å². The summed E-state index contributed by atoms with van der Waals surface area (Å²) in [7, 11) is 0. The number of halogens is 3. The van der Waals surface area contributed by atoms with Gasteiger partial charge in [0.1, 0.15) is 0 Å². The van der Waals surface area contributed by atoms with Crippen molar-refractivity contribution in [2.75, 3.05) is 0 Å². The molecular weight excluding hydrogens is 303 g/mol. The van der Waals surface area contributed by atoms with Crippen molar-refractivity contribution in [1.82, 2.24) is 0 Å². The van der Waals surface area contributed by atoms with Crippen molar-refractivity contribution in [3.05, 3.63) is 74.7 Å². The number of hydrogen-bond donors (Lipinski definition) is 0. The molecule has 0 N–H and O–H groups in total. The van der Waals surface area contributed by atoms with Gasteiger partial charge in [0, 0.05) is 26.2 Å². The maximum Gasteiger partial charge on any atom is 0.185 e. The summed E-state index contributed by atoms with van der Waals surface area (Å²) in [6.07, 6.45) is 3.03. The molecule has 2 aromatic rings. The lowest BCUT2D eigenvalue weighted by molar-refractivity contribution is 0.104. The molecule has 2 aromatic carbocycles. The summed E-state index contributed by atoms with van der Waals surface area (Å²) in [5.41, 5.74) is 1.15. The SMILES string of the molecule is O=C(/C=C/c1c(Cl)cccc1Cl)c1cccc(Cl)c1. The highest BCUT2D eigenvalue weighted by atomic mass is 35.5. The van der Waals surface area contributed by atoms with E-state index >= 15 is 0 Å². The van der Waals surface area contributed by atoms with Crippen LogP contribution < -0.4 is 0 Å². The normalized spacial score (nSPS) is 10.9. The zero-order valence-electron chi connectivity index (χ0n) is 9.74. The molecule has 0 aliphatic carbocycles.